The zero-order valence-electron chi connectivity index (χ0n) is 22.9. The van der Waals surface area contributed by atoms with E-state index in [-0.39, 0.29) is 31.3 Å². The van der Waals surface area contributed by atoms with Crippen LogP contribution in [0.1, 0.15) is 83.3 Å². The van der Waals surface area contributed by atoms with E-state index < -0.39 is 35.7 Å². The standard InChI is InChI=1S/C28H42O9/c1-8-11-19-14-22-23(36-17-35-22)15-21(19)20(9-2)25(18(3)33-6)37-26(30)28(32,16-24(29)34-7)13-10-12-27(4,5)31/h14-15,20,25,31-32H,3,8-13,16-17H2,1-2,4-7H3. The molecule has 0 bridgehead atoms. The second-order valence-corrected chi connectivity index (χ2v) is 10.1. The van der Waals surface area contributed by atoms with E-state index >= 15 is 0 Å². The van der Waals surface area contributed by atoms with Crippen LogP contribution in [0.2, 0.25) is 0 Å². The van der Waals surface area contributed by atoms with Gasteiger partial charge in [0.15, 0.2) is 23.2 Å². The summed E-state index contributed by atoms with van der Waals surface area (Å²) in [5, 5.41) is 21.4. The van der Waals surface area contributed by atoms with Gasteiger partial charge in [-0.05, 0) is 69.2 Å². The second-order valence-electron chi connectivity index (χ2n) is 10.1. The Labute approximate surface area is 219 Å². The van der Waals surface area contributed by atoms with E-state index in [1.807, 2.05) is 19.1 Å². The van der Waals surface area contributed by atoms with Crippen molar-refractivity contribution in [1.29, 1.82) is 0 Å². The first-order valence-electron chi connectivity index (χ1n) is 12.8. The molecule has 2 N–H and O–H groups in total. The van der Waals surface area contributed by atoms with Crippen LogP contribution in [-0.2, 0) is 30.2 Å². The van der Waals surface area contributed by atoms with Crippen LogP contribution in [0.5, 0.6) is 11.5 Å². The van der Waals surface area contributed by atoms with Gasteiger partial charge in [0.25, 0.3) is 0 Å². The average Bonchev–Trinajstić information content (AvgIpc) is 3.29. The molecule has 0 amide bonds. The van der Waals surface area contributed by atoms with Crippen LogP contribution in [0.4, 0.5) is 0 Å². The van der Waals surface area contributed by atoms with Gasteiger partial charge in [0, 0.05) is 5.92 Å². The Morgan fingerprint density at radius 1 is 1.08 bits per heavy atom. The Hall–Kier alpha value is -2.78. The Morgan fingerprint density at radius 2 is 1.73 bits per heavy atom. The monoisotopic (exact) mass is 522 g/mol. The molecule has 0 fully saturated rings. The number of carbonyl (C=O) groups excluding carboxylic acids is 2. The molecule has 9 nitrogen and oxygen atoms in total. The lowest BCUT2D eigenvalue weighted by atomic mass is 9.84. The summed E-state index contributed by atoms with van der Waals surface area (Å²) in [5.41, 5.74) is -1.21. The molecule has 0 saturated heterocycles. The van der Waals surface area contributed by atoms with Crippen LogP contribution in [0.3, 0.4) is 0 Å². The lowest BCUT2D eigenvalue weighted by Crippen LogP contribution is -2.45. The van der Waals surface area contributed by atoms with Crippen LogP contribution in [0.25, 0.3) is 0 Å². The van der Waals surface area contributed by atoms with E-state index in [1.54, 1.807) is 13.8 Å². The van der Waals surface area contributed by atoms with E-state index in [2.05, 4.69) is 13.5 Å². The number of ether oxygens (including phenoxy) is 5. The second kappa shape index (κ2) is 13.1. The minimum atomic E-state index is -2.15. The molecule has 0 radical (unpaired) electrons. The summed E-state index contributed by atoms with van der Waals surface area (Å²) < 4.78 is 27.2. The number of benzene rings is 1. The van der Waals surface area contributed by atoms with Crippen LogP contribution in [-0.4, -0.2) is 60.5 Å². The molecular weight excluding hydrogens is 480 g/mol. The maximum absolute atomic E-state index is 13.5. The molecule has 2 rings (SSSR count). The average molecular weight is 523 g/mol. The Kier molecular flexibility index (Phi) is 10.8. The molecule has 0 aromatic heterocycles. The molecule has 3 atom stereocenters. The molecule has 0 spiro atoms. The van der Waals surface area contributed by atoms with Gasteiger partial charge in [-0.3, -0.25) is 4.79 Å². The van der Waals surface area contributed by atoms with Gasteiger partial charge in [-0.15, -0.1) is 0 Å². The van der Waals surface area contributed by atoms with E-state index in [0.717, 1.165) is 24.0 Å². The number of rotatable bonds is 15. The summed E-state index contributed by atoms with van der Waals surface area (Å²) in [6.45, 7) is 11.4. The van der Waals surface area contributed by atoms with Gasteiger partial charge < -0.3 is 33.9 Å². The number of aliphatic hydroxyl groups is 2. The molecule has 37 heavy (non-hydrogen) atoms. The molecule has 9 heteroatoms. The van der Waals surface area contributed by atoms with Crippen LogP contribution in [0.15, 0.2) is 24.5 Å². The van der Waals surface area contributed by atoms with Crippen molar-refractivity contribution in [2.75, 3.05) is 21.0 Å². The predicted molar refractivity (Wildman–Crippen MR) is 137 cm³/mol. The maximum atomic E-state index is 13.5. The Morgan fingerprint density at radius 3 is 2.27 bits per heavy atom. The van der Waals surface area contributed by atoms with Crippen molar-refractivity contribution in [2.24, 2.45) is 0 Å². The minimum absolute atomic E-state index is 0.0982. The van der Waals surface area contributed by atoms with Gasteiger partial charge in [0.05, 0.1) is 26.2 Å². The van der Waals surface area contributed by atoms with Gasteiger partial charge in [0.2, 0.25) is 6.79 Å². The van der Waals surface area contributed by atoms with Gasteiger partial charge in [0.1, 0.15) is 5.76 Å². The SMILES string of the molecule is C=C(OC)C(OC(=O)C(O)(CCCC(C)(C)O)CC(=O)OC)C(CC)c1cc2c(cc1CCC)OCO2. The topological polar surface area (TPSA) is 121 Å². The third-order valence-electron chi connectivity index (χ3n) is 6.60. The lowest BCUT2D eigenvalue weighted by molar-refractivity contribution is -0.178. The number of aryl methyl sites for hydroxylation is 1. The molecule has 0 aliphatic carbocycles. The quantitative estimate of drug-likeness (QED) is 0.258. The van der Waals surface area contributed by atoms with Crippen molar-refractivity contribution in [3.63, 3.8) is 0 Å². The largest absolute Gasteiger partial charge is 0.498 e. The molecule has 1 aromatic rings. The summed E-state index contributed by atoms with van der Waals surface area (Å²) in [7, 11) is 2.62. The zero-order chi connectivity index (χ0) is 27.8. The summed E-state index contributed by atoms with van der Waals surface area (Å²) in [6.07, 6.45) is 1.18. The number of methoxy groups -OCH3 is 2. The molecule has 208 valence electrons. The number of hydrogen-bond acceptors (Lipinski definition) is 9. The molecular formula is C28H42O9. The third-order valence-corrected chi connectivity index (χ3v) is 6.60. The maximum Gasteiger partial charge on any atom is 0.339 e. The highest BCUT2D eigenvalue weighted by Gasteiger charge is 2.43. The van der Waals surface area contributed by atoms with Crippen molar-refractivity contribution >= 4 is 11.9 Å². The first kappa shape index (κ1) is 30.4. The first-order valence-corrected chi connectivity index (χ1v) is 12.8. The zero-order valence-corrected chi connectivity index (χ0v) is 22.9. The molecule has 1 aliphatic heterocycles. The highest BCUT2D eigenvalue weighted by Crippen LogP contribution is 2.41. The summed E-state index contributed by atoms with van der Waals surface area (Å²) in [6, 6.07) is 3.84. The van der Waals surface area contributed by atoms with Crippen molar-refractivity contribution in [2.45, 2.75) is 95.9 Å². The normalized spacial score (nSPS) is 15.9. The molecule has 1 aromatic carbocycles. The van der Waals surface area contributed by atoms with E-state index in [0.29, 0.717) is 24.3 Å². The van der Waals surface area contributed by atoms with E-state index in [1.165, 1.54) is 14.2 Å². The van der Waals surface area contributed by atoms with Gasteiger partial charge in [-0.1, -0.05) is 26.8 Å². The van der Waals surface area contributed by atoms with Gasteiger partial charge >= 0.3 is 11.9 Å². The first-order chi connectivity index (χ1) is 17.4. The number of hydrogen-bond donors (Lipinski definition) is 2. The smallest absolute Gasteiger partial charge is 0.339 e. The van der Waals surface area contributed by atoms with Gasteiger partial charge in [-0.25, -0.2) is 4.79 Å². The summed E-state index contributed by atoms with van der Waals surface area (Å²) >= 11 is 0. The van der Waals surface area contributed by atoms with Crippen LogP contribution >= 0.6 is 0 Å². The summed E-state index contributed by atoms with van der Waals surface area (Å²) in [5.74, 6) is -0.620. The number of fused-ring (bicyclic) bond motifs is 1. The third kappa shape index (κ3) is 8.10. The number of carbonyl (C=O) groups is 2. The highest BCUT2D eigenvalue weighted by molar-refractivity contribution is 5.85. The van der Waals surface area contributed by atoms with E-state index in [4.69, 9.17) is 23.7 Å². The van der Waals surface area contributed by atoms with Crippen molar-refractivity contribution < 1.29 is 43.5 Å². The molecule has 1 heterocycles. The molecule has 0 saturated carbocycles. The summed E-state index contributed by atoms with van der Waals surface area (Å²) in [4.78, 5) is 25.6. The molecule has 3 unspecified atom stereocenters. The van der Waals surface area contributed by atoms with Crippen molar-refractivity contribution in [1.82, 2.24) is 0 Å². The fourth-order valence-corrected chi connectivity index (χ4v) is 4.53. The predicted octanol–water partition coefficient (Wildman–Crippen LogP) is 4.17. The molecule has 1 aliphatic rings. The fourth-order valence-electron chi connectivity index (χ4n) is 4.53. The fraction of sp³-hybridized carbons (Fsp3) is 0.643. The number of esters is 2. The minimum Gasteiger partial charge on any atom is -0.498 e. The van der Waals surface area contributed by atoms with Crippen molar-refractivity contribution in [3.8, 4) is 11.5 Å². The highest BCUT2D eigenvalue weighted by atomic mass is 16.7. The Balaban J connectivity index is 2.42. The van der Waals surface area contributed by atoms with Gasteiger partial charge in [-0.2, -0.15) is 0 Å². The van der Waals surface area contributed by atoms with Crippen LogP contribution < -0.4 is 9.47 Å². The van der Waals surface area contributed by atoms with Crippen molar-refractivity contribution in [3.05, 3.63) is 35.6 Å². The van der Waals surface area contributed by atoms with E-state index in [9.17, 15) is 19.8 Å². The van der Waals surface area contributed by atoms with Crippen LogP contribution in [0, 0.1) is 0 Å². The lowest BCUT2D eigenvalue weighted by Gasteiger charge is -2.33. The Bertz CT molecular complexity index is 950.